The van der Waals surface area contributed by atoms with E-state index in [4.69, 9.17) is 18.9 Å². The summed E-state index contributed by atoms with van der Waals surface area (Å²) >= 11 is 1.57. The summed E-state index contributed by atoms with van der Waals surface area (Å²) in [6.07, 6.45) is -2.05. The molecular formula is C33H34O5S. The topological polar surface area (TPSA) is 57.2 Å². The normalized spacial score (nSPS) is 22.9. The quantitative estimate of drug-likeness (QED) is 0.228. The summed E-state index contributed by atoms with van der Waals surface area (Å²) < 4.78 is 26.2. The summed E-state index contributed by atoms with van der Waals surface area (Å²) in [6.45, 7) is 0.976. The van der Waals surface area contributed by atoms with Crippen LogP contribution in [0.2, 0.25) is 0 Å². The maximum Gasteiger partial charge on any atom is 0.137 e. The minimum Gasteiger partial charge on any atom is -0.394 e. The van der Waals surface area contributed by atoms with Gasteiger partial charge in [-0.25, -0.2) is 0 Å². The molecule has 1 aliphatic heterocycles. The molecule has 1 aliphatic rings. The van der Waals surface area contributed by atoms with Crippen LogP contribution >= 0.6 is 11.8 Å². The van der Waals surface area contributed by atoms with Gasteiger partial charge in [-0.05, 0) is 28.8 Å². The Labute approximate surface area is 234 Å². The Morgan fingerprint density at radius 3 is 1.41 bits per heavy atom. The molecule has 1 fully saturated rings. The molecular weight excluding hydrogens is 508 g/mol. The zero-order chi connectivity index (χ0) is 26.7. The molecule has 6 heteroatoms. The number of aliphatic hydroxyl groups excluding tert-OH is 1. The minimum absolute atomic E-state index is 0.193. The predicted molar refractivity (Wildman–Crippen MR) is 153 cm³/mol. The van der Waals surface area contributed by atoms with Crippen molar-refractivity contribution in [2.24, 2.45) is 0 Å². The largest absolute Gasteiger partial charge is 0.394 e. The first kappa shape index (κ1) is 27.6. The van der Waals surface area contributed by atoms with Crippen molar-refractivity contribution in [3.05, 3.63) is 138 Å². The molecule has 0 amide bonds. The first-order chi connectivity index (χ1) is 19.3. The molecule has 0 saturated carbocycles. The smallest absolute Gasteiger partial charge is 0.137 e. The molecule has 5 atom stereocenters. The van der Waals surface area contributed by atoms with Gasteiger partial charge in [-0.1, -0.05) is 121 Å². The summed E-state index contributed by atoms with van der Waals surface area (Å²) in [5, 5.41) is 10.4. The van der Waals surface area contributed by atoms with Crippen LogP contribution in [0.4, 0.5) is 0 Å². The maximum atomic E-state index is 10.4. The van der Waals surface area contributed by atoms with E-state index in [9.17, 15) is 5.11 Å². The molecule has 202 valence electrons. The lowest BCUT2D eigenvalue weighted by Crippen LogP contribution is -2.60. The van der Waals surface area contributed by atoms with E-state index in [1.54, 1.807) is 11.8 Å². The molecule has 4 aromatic rings. The predicted octanol–water partition coefficient (Wildman–Crippen LogP) is 6.25. The van der Waals surface area contributed by atoms with E-state index >= 15 is 0 Å². The highest BCUT2D eigenvalue weighted by molar-refractivity contribution is 7.99. The van der Waals surface area contributed by atoms with Crippen molar-refractivity contribution < 1.29 is 24.1 Å². The van der Waals surface area contributed by atoms with Crippen molar-refractivity contribution in [2.45, 2.75) is 54.6 Å². The molecule has 0 bridgehead atoms. The zero-order valence-electron chi connectivity index (χ0n) is 21.8. The summed E-state index contributed by atoms with van der Waals surface area (Å²) in [5.74, 6) is 0. The van der Waals surface area contributed by atoms with Gasteiger partial charge in [0.2, 0.25) is 0 Å². The zero-order valence-corrected chi connectivity index (χ0v) is 22.6. The lowest BCUT2D eigenvalue weighted by Gasteiger charge is -2.45. The molecule has 0 spiro atoms. The number of rotatable bonds is 12. The Hall–Kier alpha value is -2.97. The number of hydrogen-bond acceptors (Lipinski definition) is 6. The Kier molecular flexibility index (Phi) is 10.2. The Morgan fingerprint density at radius 1 is 0.538 bits per heavy atom. The van der Waals surface area contributed by atoms with Crippen LogP contribution in [-0.2, 0) is 38.8 Å². The van der Waals surface area contributed by atoms with Crippen molar-refractivity contribution in [1.82, 2.24) is 0 Å². The van der Waals surface area contributed by atoms with Gasteiger partial charge in [0.05, 0.1) is 26.4 Å². The Balaban J connectivity index is 1.44. The molecule has 39 heavy (non-hydrogen) atoms. The third-order valence-electron chi connectivity index (χ3n) is 6.62. The van der Waals surface area contributed by atoms with Crippen LogP contribution < -0.4 is 0 Å². The molecule has 5 nitrogen and oxygen atoms in total. The molecule has 0 aromatic heterocycles. The number of benzene rings is 4. The fraction of sp³-hybridized carbons (Fsp3) is 0.273. The van der Waals surface area contributed by atoms with Crippen molar-refractivity contribution in [3.8, 4) is 0 Å². The van der Waals surface area contributed by atoms with E-state index in [2.05, 4.69) is 0 Å². The molecule has 5 rings (SSSR count). The van der Waals surface area contributed by atoms with Crippen molar-refractivity contribution in [1.29, 1.82) is 0 Å². The van der Waals surface area contributed by atoms with Crippen LogP contribution in [0.3, 0.4) is 0 Å². The van der Waals surface area contributed by atoms with Gasteiger partial charge in [0.25, 0.3) is 0 Å². The van der Waals surface area contributed by atoms with Gasteiger partial charge in [-0.3, -0.25) is 0 Å². The lowest BCUT2D eigenvalue weighted by molar-refractivity contribution is -0.251. The van der Waals surface area contributed by atoms with Gasteiger partial charge in [-0.2, -0.15) is 0 Å². The molecule has 1 saturated heterocycles. The van der Waals surface area contributed by atoms with Crippen LogP contribution in [0.1, 0.15) is 16.7 Å². The summed E-state index contributed by atoms with van der Waals surface area (Å²) in [4.78, 5) is 1.05. The number of aliphatic hydroxyl groups is 1. The minimum atomic E-state index is -0.577. The summed E-state index contributed by atoms with van der Waals surface area (Å²) in [6, 6.07) is 40.3. The number of thioether (sulfide) groups is 1. The molecule has 0 aliphatic carbocycles. The third-order valence-corrected chi connectivity index (χ3v) is 7.78. The molecule has 1 N–H and O–H groups in total. The van der Waals surface area contributed by atoms with Crippen molar-refractivity contribution >= 4 is 11.8 Å². The van der Waals surface area contributed by atoms with E-state index in [1.165, 1.54) is 0 Å². The summed E-state index contributed by atoms with van der Waals surface area (Å²) in [5.41, 5.74) is 2.75. The van der Waals surface area contributed by atoms with Crippen molar-refractivity contribution in [2.75, 3.05) is 6.61 Å². The van der Waals surface area contributed by atoms with Gasteiger partial charge in [0.15, 0.2) is 0 Å². The third kappa shape index (κ3) is 7.79. The SMILES string of the molecule is OC[C@H]1O[C@H](Sc2ccccc2)[C@H](OCc2ccccc2)[C@@H](OCc2ccccc2)[C@H]1OCc1ccccc1. The number of hydrogen-bond donors (Lipinski definition) is 1. The second kappa shape index (κ2) is 14.4. The highest BCUT2D eigenvalue weighted by atomic mass is 32.2. The van der Waals surface area contributed by atoms with Crippen LogP contribution in [0, 0.1) is 0 Å². The summed E-state index contributed by atoms with van der Waals surface area (Å²) in [7, 11) is 0. The second-order valence-corrected chi connectivity index (χ2v) is 10.6. The fourth-order valence-corrected chi connectivity index (χ4v) is 5.77. The molecule has 0 radical (unpaired) electrons. The van der Waals surface area contributed by atoms with Gasteiger partial charge in [0.1, 0.15) is 29.9 Å². The average molecular weight is 543 g/mol. The van der Waals surface area contributed by atoms with E-state index in [-0.39, 0.29) is 6.61 Å². The van der Waals surface area contributed by atoms with Crippen LogP contribution in [-0.4, -0.2) is 41.6 Å². The van der Waals surface area contributed by atoms with Gasteiger partial charge in [-0.15, -0.1) is 0 Å². The van der Waals surface area contributed by atoms with Gasteiger partial charge < -0.3 is 24.1 Å². The van der Waals surface area contributed by atoms with E-state index < -0.39 is 29.9 Å². The van der Waals surface area contributed by atoms with Crippen LogP contribution in [0.25, 0.3) is 0 Å². The number of ether oxygens (including phenoxy) is 4. The van der Waals surface area contributed by atoms with Crippen LogP contribution in [0.5, 0.6) is 0 Å². The maximum absolute atomic E-state index is 10.4. The molecule has 1 heterocycles. The highest BCUT2D eigenvalue weighted by Gasteiger charge is 2.48. The fourth-order valence-electron chi connectivity index (χ4n) is 4.62. The lowest BCUT2D eigenvalue weighted by atomic mass is 9.99. The van der Waals surface area contributed by atoms with E-state index in [0.29, 0.717) is 19.8 Å². The Bertz CT molecular complexity index is 1230. The molecule has 0 unspecified atom stereocenters. The first-order valence-corrected chi connectivity index (χ1v) is 14.1. The van der Waals surface area contributed by atoms with Crippen molar-refractivity contribution in [3.63, 3.8) is 0 Å². The highest BCUT2D eigenvalue weighted by Crippen LogP contribution is 2.38. The van der Waals surface area contributed by atoms with Gasteiger partial charge >= 0.3 is 0 Å². The van der Waals surface area contributed by atoms with Gasteiger partial charge in [0, 0.05) is 4.90 Å². The molecule has 4 aromatic carbocycles. The second-order valence-electron chi connectivity index (χ2n) is 9.44. The Morgan fingerprint density at radius 2 is 0.949 bits per heavy atom. The monoisotopic (exact) mass is 542 g/mol. The standard InChI is InChI=1S/C33H34O5S/c34-21-29-30(35-22-25-13-5-1-6-14-25)31(36-23-26-15-7-2-8-16-26)32(37-24-27-17-9-3-10-18-27)33(38-29)39-28-19-11-4-12-20-28/h1-20,29-34H,21-24H2/t29-,30+,31+,32-,33-/m1/s1. The average Bonchev–Trinajstić information content (AvgIpc) is 3.00. The van der Waals surface area contributed by atoms with E-state index in [1.807, 2.05) is 121 Å². The van der Waals surface area contributed by atoms with Crippen LogP contribution in [0.15, 0.2) is 126 Å². The first-order valence-electron chi connectivity index (χ1n) is 13.2. The van der Waals surface area contributed by atoms with E-state index in [0.717, 1.165) is 21.6 Å².